The minimum atomic E-state index is -0.959. The quantitative estimate of drug-likeness (QED) is 0.820. The van der Waals surface area contributed by atoms with Crippen molar-refractivity contribution in [2.75, 3.05) is 0 Å². The van der Waals surface area contributed by atoms with Gasteiger partial charge in [-0.25, -0.2) is 0 Å². The lowest BCUT2D eigenvalue weighted by Crippen LogP contribution is -2.39. The zero-order chi connectivity index (χ0) is 15.3. The normalized spacial score (nSPS) is 14.0. The highest BCUT2D eigenvalue weighted by Crippen LogP contribution is 2.21. The average molecular weight is 316 g/mol. The maximum atomic E-state index is 11.7. The SMILES string of the molecule is CC(NC(=O)/C=C/c1cc(Cl)ccc1Cl)C(C)C(=O)O. The molecule has 2 unspecified atom stereocenters. The average Bonchev–Trinajstić information content (AvgIpc) is 2.38. The molecule has 1 aromatic carbocycles. The molecule has 0 heterocycles. The van der Waals surface area contributed by atoms with Crippen molar-refractivity contribution in [1.29, 1.82) is 0 Å². The molecule has 0 aliphatic rings. The van der Waals surface area contributed by atoms with E-state index in [2.05, 4.69) is 5.32 Å². The molecule has 2 N–H and O–H groups in total. The van der Waals surface area contributed by atoms with E-state index in [1.165, 1.54) is 19.1 Å². The Bertz CT molecular complexity index is 543. The molecule has 0 aromatic heterocycles. The topological polar surface area (TPSA) is 66.4 Å². The number of aliphatic carboxylic acids is 1. The molecule has 2 atom stereocenters. The van der Waals surface area contributed by atoms with Crippen molar-refractivity contribution in [2.24, 2.45) is 5.92 Å². The number of carboxylic acids is 1. The molecule has 0 spiro atoms. The molecule has 0 saturated carbocycles. The summed E-state index contributed by atoms with van der Waals surface area (Å²) in [5.74, 6) is -2.01. The molecule has 4 nitrogen and oxygen atoms in total. The van der Waals surface area contributed by atoms with Gasteiger partial charge in [-0.1, -0.05) is 23.2 Å². The van der Waals surface area contributed by atoms with Gasteiger partial charge in [0.25, 0.3) is 0 Å². The Morgan fingerprint density at radius 1 is 1.30 bits per heavy atom. The van der Waals surface area contributed by atoms with Crippen LogP contribution in [0.5, 0.6) is 0 Å². The highest BCUT2D eigenvalue weighted by atomic mass is 35.5. The lowest BCUT2D eigenvalue weighted by Gasteiger charge is -2.16. The Hall–Kier alpha value is -1.52. The molecule has 108 valence electrons. The third-order valence-electron chi connectivity index (χ3n) is 2.88. The molecular formula is C14H15Cl2NO3. The number of hydrogen-bond acceptors (Lipinski definition) is 2. The lowest BCUT2D eigenvalue weighted by molar-refractivity contribution is -0.142. The molecule has 0 saturated heterocycles. The summed E-state index contributed by atoms with van der Waals surface area (Å²) in [6.45, 7) is 3.17. The number of carbonyl (C=O) groups excluding carboxylic acids is 1. The molecule has 6 heteroatoms. The van der Waals surface area contributed by atoms with E-state index in [9.17, 15) is 9.59 Å². The van der Waals surface area contributed by atoms with Crippen LogP contribution in [0.4, 0.5) is 0 Å². The molecule has 1 rings (SSSR count). The van der Waals surface area contributed by atoms with E-state index in [0.717, 1.165) is 0 Å². The van der Waals surface area contributed by atoms with Crippen LogP contribution >= 0.6 is 23.2 Å². The van der Waals surface area contributed by atoms with E-state index < -0.39 is 17.9 Å². The van der Waals surface area contributed by atoms with Crippen LogP contribution in [-0.4, -0.2) is 23.0 Å². The molecule has 20 heavy (non-hydrogen) atoms. The van der Waals surface area contributed by atoms with E-state index in [1.807, 2.05) is 0 Å². The molecule has 1 amide bonds. The van der Waals surface area contributed by atoms with Crippen LogP contribution in [0.1, 0.15) is 19.4 Å². The van der Waals surface area contributed by atoms with Gasteiger partial charge in [0.2, 0.25) is 5.91 Å². The van der Waals surface area contributed by atoms with Crippen molar-refractivity contribution in [3.8, 4) is 0 Å². The van der Waals surface area contributed by atoms with Crippen molar-refractivity contribution in [1.82, 2.24) is 5.32 Å². The fourth-order valence-corrected chi connectivity index (χ4v) is 1.78. The first-order valence-corrected chi connectivity index (χ1v) is 6.73. The van der Waals surface area contributed by atoms with Gasteiger partial charge in [0.15, 0.2) is 0 Å². The number of halogens is 2. The van der Waals surface area contributed by atoms with Crippen LogP contribution in [0.25, 0.3) is 6.08 Å². The first-order valence-electron chi connectivity index (χ1n) is 5.97. The molecule has 0 aliphatic heterocycles. The maximum Gasteiger partial charge on any atom is 0.308 e. The highest BCUT2D eigenvalue weighted by Gasteiger charge is 2.19. The number of rotatable bonds is 5. The first-order chi connectivity index (χ1) is 9.31. The second-order valence-corrected chi connectivity index (χ2v) is 5.27. The molecule has 0 bridgehead atoms. The van der Waals surface area contributed by atoms with Crippen molar-refractivity contribution in [3.63, 3.8) is 0 Å². The zero-order valence-corrected chi connectivity index (χ0v) is 12.6. The van der Waals surface area contributed by atoms with Gasteiger partial charge in [0, 0.05) is 22.2 Å². The number of hydrogen-bond donors (Lipinski definition) is 2. The van der Waals surface area contributed by atoms with E-state index in [-0.39, 0.29) is 5.91 Å². The Morgan fingerprint density at radius 3 is 2.55 bits per heavy atom. The van der Waals surface area contributed by atoms with Gasteiger partial charge in [-0.2, -0.15) is 0 Å². The largest absolute Gasteiger partial charge is 0.481 e. The van der Waals surface area contributed by atoms with Crippen molar-refractivity contribution in [2.45, 2.75) is 19.9 Å². The van der Waals surface area contributed by atoms with Gasteiger partial charge in [-0.05, 0) is 43.7 Å². The minimum Gasteiger partial charge on any atom is -0.481 e. The number of nitrogens with one attached hydrogen (secondary N) is 1. The Kier molecular flexibility index (Phi) is 6.05. The van der Waals surface area contributed by atoms with E-state index in [1.54, 1.807) is 25.1 Å². The first kappa shape index (κ1) is 16.5. The van der Waals surface area contributed by atoms with Crippen molar-refractivity contribution in [3.05, 3.63) is 39.9 Å². The Balaban J connectivity index is 2.68. The van der Waals surface area contributed by atoms with Crippen LogP contribution in [-0.2, 0) is 9.59 Å². The van der Waals surface area contributed by atoms with E-state index in [4.69, 9.17) is 28.3 Å². The van der Waals surface area contributed by atoms with E-state index in [0.29, 0.717) is 15.6 Å². The third kappa shape index (κ3) is 4.87. The lowest BCUT2D eigenvalue weighted by atomic mass is 10.0. The zero-order valence-electron chi connectivity index (χ0n) is 11.1. The van der Waals surface area contributed by atoms with Gasteiger partial charge >= 0.3 is 5.97 Å². The molecule has 0 aliphatic carbocycles. The van der Waals surface area contributed by atoms with E-state index >= 15 is 0 Å². The minimum absolute atomic E-state index is 0.387. The Labute approximate surface area is 127 Å². The number of carbonyl (C=O) groups is 2. The van der Waals surface area contributed by atoms with Crippen LogP contribution in [0, 0.1) is 5.92 Å². The second-order valence-electron chi connectivity index (χ2n) is 4.42. The fraction of sp³-hybridized carbons (Fsp3) is 0.286. The van der Waals surface area contributed by atoms with Crippen molar-refractivity contribution >= 4 is 41.2 Å². The number of amides is 1. The van der Waals surface area contributed by atoms with Gasteiger partial charge in [-0.15, -0.1) is 0 Å². The van der Waals surface area contributed by atoms with Gasteiger partial charge in [-0.3, -0.25) is 9.59 Å². The maximum absolute atomic E-state index is 11.7. The van der Waals surface area contributed by atoms with Crippen LogP contribution in [0.3, 0.4) is 0 Å². The summed E-state index contributed by atoms with van der Waals surface area (Å²) >= 11 is 11.8. The Morgan fingerprint density at radius 2 is 1.95 bits per heavy atom. The summed E-state index contributed by atoms with van der Waals surface area (Å²) in [7, 11) is 0. The second kappa shape index (κ2) is 7.31. The van der Waals surface area contributed by atoms with Crippen molar-refractivity contribution < 1.29 is 14.7 Å². The predicted molar refractivity (Wildman–Crippen MR) is 79.9 cm³/mol. The van der Waals surface area contributed by atoms with Gasteiger partial charge < -0.3 is 10.4 Å². The summed E-state index contributed by atoms with van der Waals surface area (Å²) < 4.78 is 0. The summed E-state index contributed by atoms with van der Waals surface area (Å²) in [6, 6.07) is 4.45. The smallest absolute Gasteiger partial charge is 0.308 e. The van der Waals surface area contributed by atoms with Crippen LogP contribution < -0.4 is 5.32 Å². The van der Waals surface area contributed by atoms with Gasteiger partial charge in [0.05, 0.1) is 5.92 Å². The fourth-order valence-electron chi connectivity index (χ4n) is 1.42. The predicted octanol–water partition coefficient (Wildman–Crippen LogP) is 3.23. The third-order valence-corrected chi connectivity index (χ3v) is 3.46. The molecule has 0 radical (unpaired) electrons. The number of benzene rings is 1. The van der Waals surface area contributed by atoms with Crippen LogP contribution in [0.15, 0.2) is 24.3 Å². The molecule has 1 aromatic rings. The number of carboxylic acid groups (broad SMARTS) is 1. The summed E-state index contributed by atoms with van der Waals surface area (Å²) in [6.07, 6.45) is 2.82. The molecular weight excluding hydrogens is 301 g/mol. The summed E-state index contributed by atoms with van der Waals surface area (Å²) in [5, 5.41) is 12.4. The summed E-state index contributed by atoms with van der Waals surface area (Å²) in [5.41, 5.74) is 0.619. The summed E-state index contributed by atoms with van der Waals surface area (Å²) in [4.78, 5) is 22.5. The van der Waals surface area contributed by atoms with Crippen LogP contribution in [0.2, 0.25) is 10.0 Å². The highest BCUT2D eigenvalue weighted by molar-refractivity contribution is 6.34. The standard InChI is InChI=1S/C14H15Cl2NO3/c1-8(14(19)20)9(2)17-13(18)6-3-10-7-11(15)4-5-12(10)16/h3-9H,1-2H3,(H,17,18)(H,19,20)/b6-3+. The molecule has 0 fully saturated rings. The van der Waals surface area contributed by atoms with Gasteiger partial charge in [0.1, 0.15) is 0 Å². The monoisotopic (exact) mass is 315 g/mol.